The zero-order valence-electron chi connectivity index (χ0n) is 11.6. The van der Waals surface area contributed by atoms with Gasteiger partial charge in [-0.05, 0) is 51.5 Å². The Balaban J connectivity index is 2.50. The molecule has 1 aromatic rings. The highest BCUT2D eigenvalue weighted by Gasteiger charge is 2.14. The summed E-state index contributed by atoms with van der Waals surface area (Å²) in [5.41, 5.74) is 0.866. The van der Waals surface area contributed by atoms with Gasteiger partial charge in [-0.25, -0.2) is 9.18 Å². The number of halogens is 1. The summed E-state index contributed by atoms with van der Waals surface area (Å²) in [5, 5.41) is 2.51. The van der Waals surface area contributed by atoms with Gasteiger partial charge in [-0.1, -0.05) is 11.8 Å². The van der Waals surface area contributed by atoms with Crippen molar-refractivity contribution in [2.75, 3.05) is 6.54 Å². The molecule has 1 aromatic carbocycles. The normalized spacial score (nSPS) is 10.4. The van der Waals surface area contributed by atoms with E-state index >= 15 is 0 Å². The lowest BCUT2D eigenvalue weighted by Gasteiger charge is -2.18. The number of hydrogen-bond donors (Lipinski definition) is 1. The van der Waals surface area contributed by atoms with Crippen LogP contribution in [-0.2, 0) is 4.74 Å². The highest BCUT2D eigenvalue weighted by atomic mass is 19.1. The second kappa shape index (κ2) is 6.24. The molecule has 0 aromatic heterocycles. The van der Waals surface area contributed by atoms with Gasteiger partial charge in [0.2, 0.25) is 0 Å². The maximum absolute atomic E-state index is 13.1. The van der Waals surface area contributed by atoms with E-state index in [9.17, 15) is 9.18 Å². The number of hydrogen-bond acceptors (Lipinski definition) is 2. The lowest BCUT2D eigenvalue weighted by atomic mass is 10.1. The Morgan fingerprint density at radius 3 is 2.63 bits per heavy atom. The minimum absolute atomic E-state index is 0.157. The van der Waals surface area contributed by atoms with Crippen LogP contribution in [0.1, 0.15) is 31.9 Å². The summed E-state index contributed by atoms with van der Waals surface area (Å²) in [4.78, 5) is 11.3. The zero-order valence-corrected chi connectivity index (χ0v) is 11.6. The molecule has 0 bridgehead atoms. The van der Waals surface area contributed by atoms with Crippen LogP contribution in [0.25, 0.3) is 0 Å². The number of amides is 1. The maximum Gasteiger partial charge on any atom is 0.408 e. The average molecular weight is 263 g/mol. The predicted octanol–water partition coefficient (Wildman–Crippen LogP) is 3.01. The van der Waals surface area contributed by atoms with E-state index in [-0.39, 0.29) is 12.4 Å². The SMILES string of the molecule is Cc1cc(F)cc(C#CCNC(=O)OC(C)(C)C)c1. The fourth-order valence-electron chi connectivity index (χ4n) is 1.39. The van der Waals surface area contributed by atoms with Gasteiger partial charge in [0.1, 0.15) is 11.4 Å². The van der Waals surface area contributed by atoms with E-state index in [4.69, 9.17) is 4.74 Å². The lowest BCUT2D eigenvalue weighted by molar-refractivity contribution is 0.0535. The van der Waals surface area contributed by atoms with Gasteiger partial charge >= 0.3 is 6.09 Å². The molecule has 0 atom stereocenters. The Bertz CT molecular complexity index is 501. The van der Waals surface area contributed by atoms with Crippen molar-refractivity contribution in [3.63, 3.8) is 0 Å². The van der Waals surface area contributed by atoms with Crippen molar-refractivity contribution in [2.45, 2.75) is 33.3 Å². The molecule has 0 aliphatic carbocycles. The van der Waals surface area contributed by atoms with Crippen LogP contribution in [-0.4, -0.2) is 18.2 Å². The highest BCUT2D eigenvalue weighted by Crippen LogP contribution is 2.07. The molecule has 1 N–H and O–H groups in total. The molecule has 0 radical (unpaired) electrons. The van der Waals surface area contributed by atoms with Crippen LogP contribution in [0.15, 0.2) is 18.2 Å². The highest BCUT2D eigenvalue weighted by molar-refractivity contribution is 5.68. The molecule has 0 aliphatic heterocycles. The summed E-state index contributed by atoms with van der Waals surface area (Å²) in [6, 6.07) is 4.57. The fraction of sp³-hybridized carbons (Fsp3) is 0.400. The van der Waals surface area contributed by atoms with Crippen molar-refractivity contribution in [3.05, 3.63) is 35.1 Å². The number of carbonyl (C=O) groups is 1. The number of carbonyl (C=O) groups excluding carboxylic acids is 1. The minimum Gasteiger partial charge on any atom is -0.444 e. The summed E-state index contributed by atoms with van der Waals surface area (Å²) in [5.74, 6) is 5.21. The minimum atomic E-state index is -0.531. The van der Waals surface area contributed by atoms with E-state index in [1.807, 2.05) is 0 Å². The average Bonchev–Trinajstić information content (AvgIpc) is 2.20. The number of aryl methyl sites for hydroxylation is 1. The fourth-order valence-corrected chi connectivity index (χ4v) is 1.39. The summed E-state index contributed by atoms with van der Waals surface area (Å²) in [6.45, 7) is 7.31. The van der Waals surface area contributed by atoms with Gasteiger partial charge in [0.05, 0.1) is 6.54 Å². The van der Waals surface area contributed by atoms with Crippen molar-refractivity contribution in [2.24, 2.45) is 0 Å². The summed E-state index contributed by atoms with van der Waals surface area (Å²) >= 11 is 0. The first-order chi connectivity index (χ1) is 8.76. The molecule has 0 fully saturated rings. The van der Waals surface area contributed by atoms with Crippen molar-refractivity contribution in [1.82, 2.24) is 5.32 Å². The van der Waals surface area contributed by atoms with Crippen LogP contribution in [0.4, 0.5) is 9.18 Å². The molecule has 0 unspecified atom stereocenters. The summed E-state index contributed by atoms with van der Waals surface area (Å²) in [7, 11) is 0. The molecule has 102 valence electrons. The Labute approximate surface area is 113 Å². The third-order valence-corrected chi connectivity index (χ3v) is 1.99. The van der Waals surface area contributed by atoms with Crippen molar-refractivity contribution < 1.29 is 13.9 Å². The third kappa shape index (κ3) is 6.46. The Hall–Kier alpha value is -2.02. The van der Waals surface area contributed by atoms with Gasteiger partial charge in [0.15, 0.2) is 0 Å². The quantitative estimate of drug-likeness (QED) is 0.791. The topological polar surface area (TPSA) is 38.3 Å². The van der Waals surface area contributed by atoms with Crippen molar-refractivity contribution in [1.29, 1.82) is 0 Å². The lowest BCUT2D eigenvalue weighted by Crippen LogP contribution is -2.32. The number of nitrogens with one attached hydrogen (secondary N) is 1. The molecular formula is C15H18FNO2. The zero-order chi connectivity index (χ0) is 14.5. The first kappa shape index (κ1) is 15.0. The molecule has 1 amide bonds. The second-order valence-electron chi connectivity index (χ2n) is 5.17. The predicted molar refractivity (Wildman–Crippen MR) is 72.3 cm³/mol. The van der Waals surface area contributed by atoms with Gasteiger partial charge in [0.25, 0.3) is 0 Å². The molecule has 4 heteroatoms. The van der Waals surface area contributed by atoms with E-state index in [2.05, 4.69) is 17.2 Å². The Morgan fingerprint density at radius 1 is 1.37 bits per heavy atom. The van der Waals surface area contributed by atoms with E-state index < -0.39 is 11.7 Å². The van der Waals surface area contributed by atoms with E-state index in [1.165, 1.54) is 12.1 Å². The van der Waals surface area contributed by atoms with E-state index in [1.54, 1.807) is 33.8 Å². The molecule has 0 saturated heterocycles. The molecule has 3 nitrogen and oxygen atoms in total. The van der Waals surface area contributed by atoms with Crippen molar-refractivity contribution in [3.8, 4) is 11.8 Å². The standard InChI is InChI=1S/C15H18FNO2/c1-11-8-12(10-13(16)9-11)6-5-7-17-14(18)19-15(2,3)4/h8-10H,7H2,1-4H3,(H,17,18). The van der Waals surface area contributed by atoms with Crippen LogP contribution in [0, 0.1) is 24.6 Å². The third-order valence-electron chi connectivity index (χ3n) is 1.99. The number of benzene rings is 1. The van der Waals surface area contributed by atoms with Gasteiger partial charge in [0, 0.05) is 5.56 Å². The monoisotopic (exact) mass is 263 g/mol. The van der Waals surface area contributed by atoms with Gasteiger partial charge in [-0.3, -0.25) is 0 Å². The number of rotatable bonds is 1. The van der Waals surface area contributed by atoms with Gasteiger partial charge in [-0.2, -0.15) is 0 Å². The molecule has 19 heavy (non-hydrogen) atoms. The summed E-state index contributed by atoms with van der Waals surface area (Å²) < 4.78 is 18.1. The van der Waals surface area contributed by atoms with Crippen LogP contribution < -0.4 is 5.32 Å². The van der Waals surface area contributed by atoms with Crippen LogP contribution in [0.3, 0.4) is 0 Å². The number of alkyl carbamates (subject to hydrolysis) is 1. The first-order valence-electron chi connectivity index (χ1n) is 5.99. The smallest absolute Gasteiger partial charge is 0.408 e. The van der Waals surface area contributed by atoms with Crippen LogP contribution >= 0.6 is 0 Å². The Morgan fingerprint density at radius 2 is 2.05 bits per heavy atom. The molecule has 0 saturated carbocycles. The number of ether oxygens (including phenoxy) is 1. The molecular weight excluding hydrogens is 245 g/mol. The van der Waals surface area contributed by atoms with E-state index in [0.717, 1.165) is 5.56 Å². The van der Waals surface area contributed by atoms with Crippen molar-refractivity contribution >= 4 is 6.09 Å². The van der Waals surface area contributed by atoms with Crippen LogP contribution in [0.2, 0.25) is 0 Å². The van der Waals surface area contributed by atoms with Crippen LogP contribution in [0.5, 0.6) is 0 Å². The largest absolute Gasteiger partial charge is 0.444 e. The molecule has 0 aliphatic rings. The second-order valence-corrected chi connectivity index (χ2v) is 5.17. The Kier molecular flexibility index (Phi) is 4.94. The maximum atomic E-state index is 13.1. The van der Waals surface area contributed by atoms with E-state index in [0.29, 0.717) is 5.56 Å². The molecule has 0 heterocycles. The molecule has 1 rings (SSSR count). The molecule has 0 spiro atoms. The van der Waals surface area contributed by atoms with Gasteiger partial charge < -0.3 is 10.1 Å². The summed E-state index contributed by atoms with van der Waals surface area (Å²) in [6.07, 6.45) is -0.516. The first-order valence-corrected chi connectivity index (χ1v) is 5.99. The van der Waals surface area contributed by atoms with Gasteiger partial charge in [-0.15, -0.1) is 0 Å².